The average Bonchev–Trinajstić information content (AvgIpc) is 2.66. The molecule has 2 aliphatic rings. The number of hydrogen-bond donors (Lipinski definition) is 1. The molecule has 0 radical (unpaired) electrons. The fraction of sp³-hybridized carbons (Fsp3) is 0.588. The number of ether oxygens (including phenoxy) is 1. The minimum atomic E-state index is -0.345. The van der Waals surface area contributed by atoms with Crippen LogP contribution in [0.1, 0.15) is 29.9 Å². The number of methoxy groups -OCH3 is 1. The Kier molecular flexibility index (Phi) is 3.76. The van der Waals surface area contributed by atoms with Gasteiger partial charge >= 0.3 is 5.97 Å². The molecule has 5 atom stereocenters. The Balaban J connectivity index is 1.97. The van der Waals surface area contributed by atoms with Crippen molar-refractivity contribution < 1.29 is 14.6 Å². The van der Waals surface area contributed by atoms with Crippen LogP contribution in [0.25, 0.3) is 0 Å². The highest BCUT2D eigenvalue weighted by Gasteiger charge is 2.53. The number of hydrogen-bond acceptors (Lipinski definition) is 4. The number of piperidine rings is 1. The maximum absolute atomic E-state index is 12.3. The van der Waals surface area contributed by atoms with Gasteiger partial charge < -0.3 is 9.84 Å². The van der Waals surface area contributed by atoms with E-state index in [9.17, 15) is 9.90 Å². The summed E-state index contributed by atoms with van der Waals surface area (Å²) in [5.41, 5.74) is 2.39. The zero-order valence-corrected chi connectivity index (χ0v) is 12.8. The van der Waals surface area contributed by atoms with E-state index < -0.39 is 0 Å². The van der Waals surface area contributed by atoms with Crippen LogP contribution >= 0.6 is 0 Å². The summed E-state index contributed by atoms with van der Waals surface area (Å²) in [6, 6.07) is 8.58. The number of aliphatic hydroxyl groups excluding tert-OH is 1. The topological polar surface area (TPSA) is 49.8 Å². The predicted octanol–water partition coefficient (Wildman–Crippen LogP) is 1.71. The maximum atomic E-state index is 12.3. The Labute approximate surface area is 125 Å². The van der Waals surface area contributed by atoms with Gasteiger partial charge in [-0.15, -0.1) is 0 Å². The van der Waals surface area contributed by atoms with Crippen LogP contribution < -0.4 is 0 Å². The summed E-state index contributed by atoms with van der Waals surface area (Å²) in [6.07, 6.45) is 1.11. The molecule has 4 heteroatoms. The number of nitrogens with zero attached hydrogens (tertiary/aromatic N) is 1. The van der Waals surface area contributed by atoms with E-state index in [-0.39, 0.29) is 36.0 Å². The zero-order chi connectivity index (χ0) is 15.1. The lowest BCUT2D eigenvalue weighted by Gasteiger charge is -2.41. The molecule has 21 heavy (non-hydrogen) atoms. The summed E-state index contributed by atoms with van der Waals surface area (Å²) in [6.45, 7) is 2.06. The van der Waals surface area contributed by atoms with Gasteiger partial charge in [0.2, 0.25) is 0 Å². The summed E-state index contributed by atoms with van der Waals surface area (Å²) in [5, 5.41) is 10.3. The molecule has 0 saturated carbocycles. The lowest BCUT2D eigenvalue weighted by Crippen LogP contribution is -2.49. The van der Waals surface area contributed by atoms with Crippen LogP contribution in [-0.2, 0) is 9.53 Å². The summed E-state index contributed by atoms with van der Waals surface area (Å²) in [5.74, 6) is -0.234. The van der Waals surface area contributed by atoms with Gasteiger partial charge in [-0.3, -0.25) is 9.69 Å². The molecule has 0 aliphatic carbocycles. The summed E-state index contributed by atoms with van der Waals surface area (Å²) in [7, 11) is 3.46. The first kappa shape index (κ1) is 14.5. The summed E-state index contributed by atoms with van der Waals surface area (Å²) >= 11 is 0. The normalized spacial score (nSPS) is 35.7. The van der Waals surface area contributed by atoms with Gasteiger partial charge in [-0.25, -0.2) is 0 Å². The minimum Gasteiger partial charge on any atom is -0.469 e. The quantitative estimate of drug-likeness (QED) is 0.842. The molecule has 2 fully saturated rings. The first-order valence-corrected chi connectivity index (χ1v) is 7.57. The molecule has 4 nitrogen and oxygen atoms in total. The van der Waals surface area contributed by atoms with Crippen molar-refractivity contribution in [1.82, 2.24) is 4.90 Å². The van der Waals surface area contributed by atoms with Gasteiger partial charge in [0, 0.05) is 18.0 Å². The van der Waals surface area contributed by atoms with E-state index in [1.54, 1.807) is 0 Å². The van der Waals surface area contributed by atoms with Crippen LogP contribution in [0, 0.1) is 12.8 Å². The van der Waals surface area contributed by atoms with Crippen LogP contribution in [0.2, 0.25) is 0 Å². The molecule has 0 amide bonds. The first-order chi connectivity index (χ1) is 10.0. The number of benzene rings is 1. The van der Waals surface area contributed by atoms with E-state index in [1.165, 1.54) is 18.2 Å². The Morgan fingerprint density at radius 3 is 2.52 bits per heavy atom. The lowest BCUT2D eigenvalue weighted by molar-refractivity contribution is -0.150. The highest BCUT2D eigenvalue weighted by atomic mass is 16.5. The first-order valence-electron chi connectivity index (χ1n) is 7.57. The SMILES string of the molecule is COC(=O)[C@@H]1[C@H]2C[C@@H](O)[C@@H](C[C@H]1c1ccc(C)cc1)N2C. The molecule has 1 N–H and O–H groups in total. The van der Waals surface area contributed by atoms with Crippen molar-refractivity contribution in [3.05, 3.63) is 35.4 Å². The third-order valence-electron chi connectivity index (χ3n) is 5.30. The van der Waals surface area contributed by atoms with Crippen LogP contribution in [0.4, 0.5) is 0 Å². The fourth-order valence-electron chi connectivity index (χ4n) is 4.10. The van der Waals surface area contributed by atoms with Crippen LogP contribution in [0.15, 0.2) is 24.3 Å². The van der Waals surface area contributed by atoms with Gasteiger partial charge in [0.15, 0.2) is 0 Å². The van der Waals surface area contributed by atoms with E-state index in [0.717, 1.165) is 6.42 Å². The number of esters is 1. The third-order valence-corrected chi connectivity index (χ3v) is 5.30. The molecule has 2 saturated heterocycles. The Hall–Kier alpha value is -1.39. The number of carbonyl (C=O) groups excluding carboxylic acids is 1. The average molecular weight is 289 g/mol. The Morgan fingerprint density at radius 1 is 1.24 bits per heavy atom. The monoisotopic (exact) mass is 289 g/mol. The minimum absolute atomic E-state index is 0.0671. The predicted molar refractivity (Wildman–Crippen MR) is 80.0 cm³/mol. The van der Waals surface area contributed by atoms with Crippen molar-refractivity contribution in [1.29, 1.82) is 0 Å². The van der Waals surface area contributed by atoms with Crippen molar-refractivity contribution in [2.24, 2.45) is 5.92 Å². The van der Waals surface area contributed by atoms with E-state index in [0.29, 0.717) is 6.42 Å². The lowest BCUT2D eigenvalue weighted by atomic mass is 9.76. The number of likely N-dealkylation sites (N-methyl/N-ethyl adjacent to an activating group) is 1. The van der Waals surface area contributed by atoms with Crippen molar-refractivity contribution >= 4 is 5.97 Å². The molecule has 0 spiro atoms. The molecular formula is C17H23NO3. The second-order valence-corrected chi connectivity index (χ2v) is 6.41. The highest BCUT2D eigenvalue weighted by Crippen LogP contribution is 2.46. The number of carbonyl (C=O) groups is 1. The highest BCUT2D eigenvalue weighted by molar-refractivity contribution is 5.75. The van der Waals surface area contributed by atoms with Crippen molar-refractivity contribution in [3.8, 4) is 0 Å². The maximum Gasteiger partial charge on any atom is 0.310 e. The smallest absolute Gasteiger partial charge is 0.310 e. The van der Waals surface area contributed by atoms with E-state index >= 15 is 0 Å². The van der Waals surface area contributed by atoms with Crippen molar-refractivity contribution in [2.75, 3.05) is 14.2 Å². The van der Waals surface area contributed by atoms with Gasteiger partial charge in [-0.05, 0) is 32.4 Å². The number of fused-ring (bicyclic) bond motifs is 2. The molecule has 114 valence electrons. The van der Waals surface area contributed by atoms with Gasteiger partial charge in [0.05, 0.1) is 19.1 Å². The van der Waals surface area contributed by atoms with E-state index in [2.05, 4.69) is 36.1 Å². The van der Waals surface area contributed by atoms with Gasteiger partial charge in [-0.1, -0.05) is 29.8 Å². The second-order valence-electron chi connectivity index (χ2n) is 6.41. The van der Waals surface area contributed by atoms with Crippen LogP contribution in [0.3, 0.4) is 0 Å². The van der Waals surface area contributed by atoms with Gasteiger partial charge in [0.25, 0.3) is 0 Å². The third kappa shape index (κ3) is 2.36. The second kappa shape index (κ2) is 5.43. The summed E-state index contributed by atoms with van der Waals surface area (Å²) in [4.78, 5) is 14.5. The summed E-state index contributed by atoms with van der Waals surface area (Å²) < 4.78 is 5.05. The largest absolute Gasteiger partial charge is 0.469 e. The molecule has 2 bridgehead atoms. The molecule has 2 heterocycles. The van der Waals surface area contributed by atoms with Gasteiger partial charge in [-0.2, -0.15) is 0 Å². The van der Waals surface area contributed by atoms with Crippen LogP contribution in [-0.4, -0.2) is 48.3 Å². The number of aryl methyl sites for hydroxylation is 1. The molecule has 0 unspecified atom stereocenters. The molecule has 3 rings (SSSR count). The Bertz CT molecular complexity index is 527. The fourth-order valence-corrected chi connectivity index (χ4v) is 4.10. The molecule has 0 aromatic heterocycles. The zero-order valence-electron chi connectivity index (χ0n) is 12.8. The van der Waals surface area contributed by atoms with Crippen LogP contribution in [0.5, 0.6) is 0 Å². The standard InChI is InChI=1S/C17H23NO3/c1-10-4-6-11(7-5-10)12-8-13-15(19)9-14(18(13)2)16(12)17(20)21-3/h4-7,12-16,19H,8-9H2,1-3H3/t12-,13+,14+,15+,16-/m0/s1. The van der Waals surface area contributed by atoms with Crippen molar-refractivity contribution in [3.63, 3.8) is 0 Å². The van der Waals surface area contributed by atoms with E-state index in [4.69, 9.17) is 4.74 Å². The van der Waals surface area contributed by atoms with Gasteiger partial charge in [0.1, 0.15) is 0 Å². The molecule has 2 aliphatic heterocycles. The number of rotatable bonds is 2. The molecule has 1 aromatic carbocycles. The van der Waals surface area contributed by atoms with Crippen molar-refractivity contribution in [2.45, 2.75) is 43.9 Å². The number of aliphatic hydroxyl groups is 1. The Morgan fingerprint density at radius 2 is 1.90 bits per heavy atom. The van der Waals surface area contributed by atoms with E-state index in [1.807, 2.05) is 7.05 Å². The molecule has 1 aromatic rings. The molecular weight excluding hydrogens is 266 g/mol.